The van der Waals surface area contributed by atoms with Gasteiger partial charge in [-0.25, -0.2) is 18.4 Å². The topological polar surface area (TPSA) is 103 Å². The molecule has 5 rings (SSSR count). The van der Waals surface area contributed by atoms with Crippen molar-refractivity contribution < 1.29 is 13.9 Å². The Hall–Kier alpha value is -4.10. The van der Waals surface area contributed by atoms with E-state index < -0.39 is 17.4 Å². The van der Waals surface area contributed by atoms with Gasteiger partial charge in [0.05, 0.1) is 16.5 Å². The molecule has 0 saturated carbocycles. The lowest BCUT2D eigenvalue weighted by molar-refractivity contribution is 0.397. The Balaban J connectivity index is 1.57. The first-order chi connectivity index (χ1) is 16.5. The maximum absolute atomic E-state index is 14.8. The van der Waals surface area contributed by atoms with E-state index in [1.807, 2.05) is 18.2 Å². The molecule has 2 aromatic carbocycles. The molecule has 1 aliphatic heterocycles. The van der Waals surface area contributed by atoms with Crippen LogP contribution < -0.4 is 10.2 Å². The number of phenolic OH excluding ortho intramolecular Hbond substituents is 1. The number of nitrogens with zero attached hydrogens (tertiary/aromatic N) is 6. The highest BCUT2D eigenvalue weighted by atomic mass is 19.1. The van der Waals surface area contributed by atoms with Gasteiger partial charge in [0.25, 0.3) is 0 Å². The molecule has 0 amide bonds. The Morgan fingerprint density at radius 2 is 2.06 bits per heavy atom. The Labute approximate surface area is 194 Å². The van der Waals surface area contributed by atoms with E-state index in [-0.39, 0.29) is 22.9 Å². The molecule has 2 aromatic heterocycles. The molecule has 2 N–H and O–H groups in total. The molecule has 34 heavy (non-hydrogen) atoms. The van der Waals surface area contributed by atoms with Gasteiger partial charge in [0.2, 0.25) is 5.95 Å². The zero-order valence-corrected chi connectivity index (χ0v) is 18.3. The summed E-state index contributed by atoms with van der Waals surface area (Å²) in [7, 11) is 1.65. The highest BCUT2D eigenvalue weighted by molar-refractivity contribution is 5.93. The third kappa shape index (κ3) is 3.70. The predicted molar refractivity (Wildman–Crippen MR) is 122 cm³/mol. The highest BCUT2D eigenvalue weighted by Crippen LogP contribution is 2.36. The van der Waals surface area contributed by atoms with Gasteiger partial charge in [-0.2, -0.15) is 15.3 Å². The van der Waals surface area contributed by atoms with E-state index in [0.717, 1.165) is 25.6 Å². The molecule has 1 fully saturated rings. The van der Waals surface area contributed by atoms with E-state index >= 15 is 0 Å². The molecule has 1 saturated heterocycles. The number of rotatable bonds is 4. The van der Waals surface area contributed by atoms with Gasteiger partial charge in [0.1, 0.15) is 11.8 Å². The van der Waals surface area contributed by atoms with Gasteiger partial charge in [0, 0.05) is 38.9 Å². The second kappa shape index (κ2) is 8.68. The molecule has 0 unspecified atom stereocenters. The number of anilines is 1. The number of halogens is 2. The Kier molecular flexibility index (Phi) is 5.55. The third-order valence-corrected chi connectivity index (χ3v) is 6.04. The average molecular weight is 461 g/mol. The summed E-state index contributed by atoms with van der Waals surface area (Å²) in [5.41, 5.74) is 1.15. The molecular weight excluding hydrogens is 440 g/mol. The van der Waals surface area contributed by atoms with Gasteiger partial charge < -0.3 is 15.3 Å². The summed E-state index contributed by atoms with van der Waals surface area (Å²) in [5, 5.41) is 27.3. The van der Waals surface area contributed by atoms with Gasteiger partial charge in [0.15, 0.2) is 23.0 Å². The van der Waals surface area contributed by atoms with Crippen LogP contribution in [0.4, 0.5) is 14.7 Å². The minimum absolute atomic E-state index is 0.0644. The molecule has 3 heterocycles. The lowest BCUT2D eigenvalue weighted by Gasteiger charge is -2.36. The van der Waals surface area contributed by atoms with Gasteiger partial charge in [-0.1, -0.05) is 30.3 Å². The number of aryl methyl sites for hydroxylation is 1. The van der Waals surface area contributed by atoms with Crippen molar-refractivity contribution in [1.82, 2.24) is 25.1 Å². The van der Waals surface area contributed by atoms with E-state index in [0.29, 0.717) is 23.5 Å². The van der Waals surface area contributed by atoms with Crippen LogP contribution in [0.15, 0.2) is 42.6 Å². The molecule has 4 aromatic rings. The molecule has 8 nitrogen and oxygen atoms in total. The van der Waals surface area contributed by atoms with E-state index in [4.69, 9.17) is 4.98 Å². The van der Waals surface area contributed by atoms with E-state index in [1.54, 1.807) is 13.1 Å². The molecule has 0 bridgehead atoms. The first-order valence-corrected chi connectivity index (χ1v) is 10.8. The van der Waals surface area contributed by atoms with Crippen molar-refractivity contribution in [1.29, 1.82) is 5.26 Å². The number of hydrogen-bond acceptors (Lipinski definition) is 7. The van der Waals surface area contributed by atoms with E-state index in [9.17, 15) is 19.1 Å². The number of piperazine rings is 1. The Morgan fingerprint density at radius 1 is 1.26 bits per heavy atom. The van der Waals surface area contributed by atoms with E-state index in [2.05, 4.69) is 32.4 Å². The van der Waals surface area contributed by atoms with Gasteiger partial charge in [-0.3, -0.25) is 0 Å². The summed E-state index contributed by atoms with van der Waals surface area (Å²) >= 11 is 0. The third-order valence-electron chi connectivity index (χ3n) is 6.04. The SMILES string of the molecule is Cn1nc(-c2c(C#N)cc(F)c(O)c2F)c2cnc(N3CCNC[C@H]3Cc3ccccc3)nc21. The van der Waals surface area contributed by atoms with Crippen LogP contribution in [0.1, 0.15) is 11.1 Å². The van der Waals surface area contributed by atoms with Gasteiger partial charge in [-0.15, -0.1) is 0 Å². The lowest BCUT2D eigenvalue weighted by Crippen LogP contribution is -2.53. The molecule has 10 heteroatoms. The number of phenols is 1. The molecule has 0 aliphatic carbocycles. The monoisotopic (exact) mass is 461 g/mol. The summed E-state index contributed by atoms with van der Waals surface area (Å²) in [6, 6.07) is 12.9. The van der Waals surface area contributed by atoms with Crippen molar-refractivity contribution in [3.05, 3.63) is 65.4 Å². The number of benzene rings is 2. The smallest absolute Gasteiger partial charge is 0.227 e. The number of hydrogen-bond donors (Lipinski definition) is 2. The van der Waals surface area contributed by atoms with Crippen molar-refractivity contribution in [2.75, 3.05) is 24.5 Å². The fourth-order valence-electron chi connectivity index (χ4n) is 4.37. The lowest BCUT2D eigenvalue weighted by atomic mass is 10.0. The van der Waals surface area contributed by atoms with Crippen LogP contribution in [0.3, 0.4) is 0 Å². The fourth-order valence-corrected chi connectivity index (χ4v) is 4.37. The Bertz CT molecular complexity index is 1410. The standard InChI is InChI=1S/C24H21F2N7O/c1-32-23-17(21(31-32)19-15(11-27)10-18(25)22(34)20(19)26)13-29-24(30-23)33-8-7-28-12-16(33)9-14-5-3-2-4-6-14/h2-6,10,13,16,28,34H,7-9,12H2,1H3/t16-/m1/s1. The average Bonchev–Trinajstić information content (AvgIpc) is 3.18. The van der Waals surface area contributed by atoms with Crippen molar-refractivity contribution in [3.8, 4) is 23.1 Å². The van der Waals surface area contributed by atoms with Crippen LogP contribution in [-0.2, 0) is 13.5 Å². The number of fused-ring (bicyclic) bond motifs is 1. The van der Waals surface area contributed by atoms with Crippen molar-refractivity contribution >= 4 is 17.0 Å². The minimum atomic E-state index is -1.24. The Morgan fingerprint density at radius 3 is 2.82 bits per heavy atom. The highest BCUT2D eigenvalue weighted by Gasteiger charge is 2.28. The zero-order chi connectivity index (χ0) is 23.8. The first-order valence-electron chi connectivity index (χ1n) is 10.8. The quantitative estimate of drug-likeness (QED) is 0.482. The van der Waals surface area contributed by atoms with Gasteiger partial charge in [-0.05, 0) is 18.1 Å². The first kappa shape index (κ1) is 21.7. The molecule has 1 aliphatic rings. The second-order valence-electron chi connectivity index (χ2n) is 8.18. The molecule has 0 radical (unpaired) electrons. The minimum Gasteiger partial charge on any atom is -0.503 e. The van der Waals surface area contributed by atoms with Crippen LogP contribution in [0.2, 0.25) is 0 Å². The summed E-state index contributed by atoms with van der Waals surface area (Å²) in [6.07, 6.45) is 2.35. The molecule has 172 valence electrons. The normalized spacial score (nSPS) is 16.1. The van der Waals surface area contributed by atoms with Crippen LogP contribution >= 0.6 is 0 Å². The van der Waals surface area contributed by atoms with Crippen molar-refractivity contribution in [2.45, 2.75) is 12.5 Å². The van der Waals surface area contributed by atoms with Crippen LogP contribution in [0.5, 0.6) is 5.75 Å². The summed E-state index contributed by atoms with van der Waals surface area (Å²) in [6.45, 7) is 2.28. The summed E-state index contributed by atoms with van der Waals surface area (Å²) < 4.78 is 30.1. The zero-order valence-electron chi connectivity index (χ0n) is 18.3. The van der Waals surface area contributed by atoms with Crippen molar-refractivity contribution in [2.24, 2.45) is 7.05 Å². The van der Waals surface area contributed by atoms with Crippen LogP contribution in [0.25, 0.3) is 22.3 Å². The summed E-state index contributed by atoms with van der Waals surface area (Å²) in [4.78, 5) is 11.4. The van der Waals surface area contributed by atoms with Gasteiger partial charge >= 0.3 is 0 Å². The molecule has 1 atom stereocenters. The molecule has 0 spiro atoms. The maximum atomic E-state index is 14.8. The van der Waals surface area contributed by atoms with Crippen molar-refractivity contribution in [3.63, 3.8) is 0 Å². The summed E-state index contributed by atoms with van der Waals surface area (Å²) in [5.74, 6) is -3.09. The molecular formula is C24H21F2N7O. The predicted octanol–water partition coefficient (Wildman–Crippen LogP) is 2.91. The fraction of sp³-hybridized carbons (Fsp3) is 0.250. The second-order valence-corrected chi connectivity index (χ2v) is 8.18. The van der Waals surface area contributed by atoms with E-state index in [1.165, 1.54) is 16.4 Å². The number of nitriles is 1. The maximum Gasteiger partial charge on any atom is 0.227 e. The number of aromatic nitrogens is 4. The largest absolute Gasteiger partial charge is 0.503 e. The van der Waals surface area contributed by atoms with Crippen LogP contribution in [0, 0.1) is 23.0 Å². The number of aromatic hydroxyl groups is 1. The van der Waals surface area contributed by atoms with Crippen LogP contribution in [-0.4, -0.2) is 50.5 Å². The number of nitrogens with one attached hydrogen (secondary N) is 1.